The summed E-state index contributed by atoms with van der Waals surface area (Å²) in [7, 11) is 0. The highest BCUT2D eigenvalue weighted by Crippen LogP contribution is 2.37. The van der Waals surface area contributed by atoms with E-state index in [9.17, 15) is 0 Å². The van der Waals surface area contributed by atoms with Crippen LogP contribution in [-0.2, 0) is 0 Å². The van der Waals surface area contributed by atoms with Crippen LogP contribution in [-0.4, -0.2) is 10.1 Å². The minimum Gasteiger partial charge on any atom is -0.334 e. The Morgan fingerprint density at radius 1 is 1.00 bits per heavy atom. The number of nitrogens with one attached hydrogen (secondary N) is 1. The molecule has 2 aromatic carbocycles. The summed E-state index contributed by atoms with van der Waals surface area (Å²) in [6.07, 6.45) is 0. The zero-order chi connectivity index (χ0) is 14.9. The maximum absolute atomic E-state index is 6.24. The van der Waals surface area contributed by atoms with E-state index in [1.54, 1.807) is 0 Å². The Morgan fingerprint density at radius 3 is 2.59 bits per heavy atom. The summed E-state index contributed by atoms with van der Waals surface area (Å²) in [5.41, 5.74) is 3.06. The van der Waals surface area contributed by atoms with Crippen molar-refractivity contribution in [1.29, 1.82) is 0 Å². The SMILES string of the molecule is Clc1ccccc1-c1noc2nc(Nc3ccccc3)sc12. The van der Waals surface area contributed by atoms with Crippen molar-refractivity contribution in [1.82, 2.24) is 10.1 Å². The molecule has 0 amide bonds. The maximum atomic E-state index is 6.24. The average molecular weight is 328 g/mol. The first-order valence-corrected chi connectivity index (χ1v) is 7.84. The number of rotatable bonds is 3. The second-order valence-corrected chi connectivity index (χ2v) is 6.06. The molecule has 2 heterocycles. The molecular formula is C16H10ClN3OS. The molecule has 2 aromatic heterocycles. The third-order valence-electron chi connectivity index (χ3n) is 3.19. The van der Waals surface area contributed by atoms with Gasteiger partial charge in [-0.05, 0) is 18.2 Å². The van der Waals surface area contributed by atoms with Gasteiger partial charge in [-0.25, -0.2) is 0 Å². The number of benzene rings is 2. The van der Waals surface area contributed by atoms with Gasteiger partial charge >= 0.3 is 0 Å². The van der Waals surface area contributed by atoms with Crippen LogP contribution in [0.5, 0.6) is 0 Å². The number of anilines is 2. The summed E-state index contributed by atoms with van der Waals surface area (Å²) in [5, 5.41) is 8.76. The van der Waals surface area contributed by atoms with Crippen LogP contribution >= 0.6 is 22.9 Å². The largest absolute Gasteiger partial charge is 0.334 e. The lowest BCUT2D eigenvalue weighted by atomic mass is 10.1. The predicted molar refractivity (Wildman–Crippen MR) is 89.9 cm³/mol. The lowest BCUT2D eigenvalue weighted by Crippen LogP contribution is -1.87. The van der Waals surface area contributed by atoms with Crippen LogP contribution < -0.4 is 5.32 Å². The van der Waals surface area contributed by atoms with Gasteiger partial charge in [-0.2, -0.15) is 4.98 Å². The van der Waals surface area contributed by atoms with Gasteiger partial charge in [-0.15, -0.1) is 0 Å². The molecule has 4 aromatic rings. The van der Waals surface area contributed by atoms with Crippen molar-refractivity contribution in [2.24, 2.45) is 0 Å². The number of nitrogens with zero attached hydrogens (tertiary/aromatic N) is 2. The Kier molecular flexibility index (Phi) is 3.29. The molecule has 6 heteroatoms. The third-order valence-corrected chi connectivity index (χ3v) is 4.48. The fraction of sp³-hybridized carbons (Fsp3) is 0. The molecule has 4 rings (SSSR count). The molecule has 0 radical (unpaired) electrons. The Hall–Kier alpha value is -2.37. The van der Waals surface area contributed by atoms with Gasteiger partial charge in [-0.1, -0.05) is 64.5 Å². The van der Waals surface area contributed by atoms with Gasteiger partial charge in [0.25, 0.3) is 5.71 Å². The van der Waals surface area contributed by atoms with Gasteiger partial charge in [0, 0.05) is 11.3 Å². The smallest absolute Gasteiger partial charge is 0.271 e. The lowest BCUT2D eigenvalue weighted by Gasteiger charge is -2.00. The summed E-state index contributed by atoms with van der Waals surface area (Å²) in [5.74, 6) is 0. The highest BCUT2D eigenvalue weighted by atomic mass is 35.5. The lowest BCUT2D eigenvalue weighted by molar-refractivity contribution is 0.452. The first-order valence-electron chi connectivity index (χ1n) is 6.64. The number of halogens is 1. The van der Waals surface area contributed by atoms with Crippen molar-refractivity contribution in [3.63, 3.8) is 0 Å². The molecular weight excluding hydrogens is 318 g/mol. The van der Waals surface area contributed by atoms with E-state index in [4.69, 9.17) is 16.1 Å². The topological polar surface area (TPSA) is 51.0 Å². The van der Waals surface area contributed by atoms with Crippen LogP contribution in [0.1, 0.15) is 0 Å². The molecule has 0 spiro atoms. The van der Waals surface area contributed by atoms with Gasteiger partial charge in [0.2, 0.25) is 0 Å². The molecule has 0 unspecified atom stereocenters. The van der Waals surface area contributed by atoms with E-state index < -0.39 is 0 Å². The summed E-state index contributed by atoms with van der Waals surface area (Å²) in [4.78, 5) is 4.42. The van der Waals surface area contributed by atoms with Crippen LogP contribution in [0.2, 0.25) is 5.02 Å². The number of aromatic nitrogens is 2. The van der Waals surface area contributed by atoms with Crippen LogP contribution in [0.4, 0.5) is 10.8 Å². The Balaban J connectivity index is 1.75. The van der Waals surface area contributed by atoms with Crippen molar-refractivity contribution >= 4 is 44.2 Å². The number of thiazole rings is 1. The van der Waals surface area contributed by atoms with Crippen molar-refractivity contribution < 1.29 is 4.52 Å². The molecule has 4 nitrogen and oxygen atoms in total. The highest BCUT2D eigenvalue weighted by molar-refractivity contribution is 7.22. The standard InChI is InChI=1S/C16H10ClN3OS/c17-12-9-5-4-8-11(12)13-14-15(21-20-13)19-16(22-14)18-10-6-2-1-3-7-10/h1-9H,(H,18,19). The molecule has 0 saturated carbocycles. The van der Waals surface area contributed by atoms with Crippen LogP contribution in [0.3, 0.4) is 0 Å². The van der Waals surface area contributed by atoms with Crippen LogP contribution in [0.25, 0.3) is 21.7 Å². The zero-order valence-electron chi connectivity index (χ0n) is 11.3. The van der Waals surface area contributed by atoms with Gasteiger partial charge in [-0.3, -0.25) is 0 Å². The van der Waals surface area contributed by atoms with E-state index in [-0.39, 0.29) is 0 Å². The maximum Gasteiger partial charge on any atom is 0.271 e. The first-order chi connectivity index (χ1) is 10.8. The van der Waals surface area contributed by atoms with Crippen molar-refractivity contribution in [3.8, 4) is 11.3 Å². The quantitative estimate of drug-likeness (QED) is 0.551. The molecule has 0 saturated heterocycles. The fourth-order valence-electron chi connectivity index (χ4n) is 2.17. The van der Waals surface area contributed by atoms with Crippen molar-refractivity contribution in [3.05, 3.63) is 59.6 Å². The molecule has 1 N–H and O–H groups in total. The van der Waals surface area contributed by atoms with Gasteiger partial charge in [0.15, 0.2) is 5.13 Å². The highest BCUT2D eigenvalue weighted by Gasteiger charge is 2.17. The Labute approximate surface area is 135 Å². The average Bonchev–Trinajstić information content (AvgIpc) is 3.09. The Bertz CT molecular complexity index is 933. The van der Waals surface area contributed by atoms with E-state index in [1.165, 1.54) is 11.3 Å². The molecule has 0 aliphatic carbocycles. The summed E-state index contributed by atoms with van der Waals surface area (Å²) >= 11 is 7.73. The third kappa shape index (κ3) is 2.34. The summed E-state index contributed by atoms with van der Waals surface area (Å²) < 4.78 is 6.21. The van der Waals surface area contributed by atoms with Crippen molar-refractivity contribution in [2.45, 2.75) is 0 Å². The second-order valence-electron chi connectivity index (χ2n) is 4.66. The number of fused-ring (bicyclic) bond motifs is 1. The molecule has 22 heavy (non-hydrogen) atoms. The van der Waals surface area contributed by atoms with Gasteiger partial charge in [0.1, 0.15) is 10.4 Å². The van der Waals surface area contributed by atoms with Gasteiger partial charge < -0.3 is 9.84 Å². The number of para-hydroxylation sites is 1. The normalized spacial score (nSPS) is 11.0. The molecule has 0 fully saturated rings. The summed E-state index contributed by atoms with van der Waals surface area (Å²) in [6.45, 7) is 0. The van der Waals surface area contributed by atoms with Crippen LogP contribution in [0.15, 0.2) is 59.1 Å². The molecule has 108 valence electrons. The predicted octanol–water partition coefficient (Wildman–Crippen LogP) is 5.35. The summed E-state index contributed by atoms with van der Waals surface area (Å²) in [6, 6.07) is 17.4. The first kappa shape index (κ1) is 13.3. The van der Waals surface area contributed by atoms with E-state index in [1.807, 2.05) is 54.6 Å². The van der Waals surface area contributed by atoms with Crippen LogP contribution in [0, 0.1) is 0 Å². The van der Waals surface area contributed by atoms with E-state index in [2.05, 4.69) is 15.5 Å². The van der Waals surface area contributed by atoms with E-state index >= 15 is 0 Å². The second kappa shape index (κ2) is 5.44. The number of hydrogen-bond donors (Lipinski definition) is 1. The fourth-order valence-corrected chi connectivity index (χ4v) is 3.30. The van der Waals surface area contributed by atoms with Crippen molar-refractivity contribution in [2.75, 3.05) is 5.32 Å². The van der Waals surface area contributed by atoms with E-state index in [0.29, 0.717) is 10.7 Å². The Morgan fingerprint density at radius 2 is 1.77 bits per heavy atom. The van der Waals surface area contributed by atoms with E-state index in [0.717, 1.165) is 26.8 Å². The molecule has 0 aliphatic rings. The molecule has 0 aliphatic heterocycles. The molecule has 0 atom stereocenters. The zero-order valence-corrected chi connectivity index (χ0v) is 12.9. The minimum absolute atomic E-state index is 0.512. The monoisotopic (exact) mass is 327 g/mol. The van der Waals surface area contributed by atoms with Gasteiger partial charge in [0.05, 0.1) is 5.02 Å². The minimum atomic E-state index is 0.512. The molecule has 0 bridgehead atoms. The number of hydrogen-bond acceptors (Lipinski definition) is 5.